The summed E-state index contributed by atoms with van der Waals surface area (Å²) in [5.74, 6) is 1.14. The number of aliphatic hydroxyl groups is 1. The Hall–Kier alpha value is -2.48. The van der Waals surface area contributed by atoms with E-state index >= 15 is 0 Å². The van der Waals surface area contributed by atoms with Crippen molar-refractivity contribution in [2.24, 2.45) is 0 Å². The van der Waals surface area contributed by atoms with Crippen molar-refractivity contribution in [2.45, 2.75) is 64.8 Å². The number of piperazine rings is 1. The number of piperidine rings is 1. The van der Waals surface area contributed by atoms with Crippen LogP contribution in [0.4, 0.5) is 5.82 Å². The SMILES string of the molecule is Cc1cccnc1[C@@H]1CCC[C@H](c2nc3cccc(N4CCN(C(C)C)CC4)n3c2CO)N1C. The lowest BCUT2D eigenvalue weighted by Crippen LogP contribution is -2.49. The van der Waals surface area contributed by atoms with E-state index in [0.29, 0.717) is 6.04 Å². The van der Waals surface area contributed by atoms with Crippen molar-refractivity contribution < 1.29 is 5.11 Å². The highest BCUT2D eigenvalue weighted by Crippen LogP contribution is 2.41. The van der Waals surface area contributed by atoms with Crippen LogP contribution in [0.2, 0.25) is 0 Å². The second-order valence-corrected chi connectivity index (χ2v) is 10.1. The van der Waals surface area contributed by atoms with E-state index in [4.69, 9.17) is 9.97 Å². The molecule has 0 bridgehead atoms. The summed E-state index contributed by atoms with van der Waals surface area (Å²) < 4.78 is 2.20. The summed E-state index contributed by atoms with van der Waals surface area (Å²) in [6.45, 7) is 10.7. The van der Waals surface area contributed by atoms with Crippen molar-refractivity contribution >= 4 is 11.5 Å². The van der Waals surface area contributed by atoms with Gasteiger partial charge < -0.3 is 10.0 Å². The first-order valence-electron chi connectivity index (χ1n) is 12.7. The molecule has 0 aromatic carbocycles. The van der Waals surface area contributed by atoms with Gasteiger partial charge in [0.1, 0.15) is 11.5 Å². The average Bonchev–Trinajstić information content (AvgIpc) is 3.23. The van der Waals surface area contributed by atoms with Crippen molar-refractivity contribution in [1.29, 1.82) is 0 Å². The molecular formula is C27H38N6O. The number of nitrogens with zero attached hydrogens (tertiary/aromatic N) is 6. The van der Waals surface area contributed by atoms with Crippen molar-refractivity contribution in [1.82, 2.24) is 24.2 Å². The number of hydrogen-bond donors (Lipinski definition) is 1. The summed E-state index contributed by atoms with van der Waals surface area (Å²) in [6, 6.07) is 11.5. The minimum atomic E-state index is -0.0168. The predicted molar refractivity (Wildman–Crippen MR) is 136 cm³/mol. The molecule has 5 rings (SSSR count). The largest absolute Gasteiger partial charge is 0.390 e. The van der Waals surface area contributed by atoms with Crippen LogP contribution in [0.5, 0.6) is 0 Å². The van der Waals surface area contributed by atoms with Crippen LogP contribution in [0, 0.1) is 6.92 Å². The molecule has 7 nitrogen and oxygen atoms in total. The Morgan fingerprint density at radius 2 is 1.74 bits per heavy atom. The summed E-state index contributed by atoms with van der Waals surface area (Å²) in [5.41, 5.74) is 5.25. The van der Waals surface area contributed by atoms with Crippen molar-refractivity contribution in [3.05, 3.63) is 59.2 Å². The van der Waals surface area contributed by atoms with Gasteiger partial charge in [0.15, 0.2) is 0 Å². The molecule has 2 fully saturated rings. The van der Waals surface area contributed by atoms with Crippen LogP contribution in [0.3, 0.4) is 0 Å². The third-order valence-electron chi connectivity index (χ3n) is 7.89. The number of likely N-dealkylation sites (tertiary alicyclic amines) is 1. The smallest absolute Gasteiger partial charge is 0.138 e. The fourth-order valence-electron chi connectivity index (χ4n) is 5.92. The zero-order valence-corrected chi connectivity index (χ0v) is 21.0. The maximum absolute atomic E-state index is 10.6. The number of aliphatic hydroxyl groups excluding tert-OH is 1. The van der Waals surface area contributed by atoms with Gasteiger partial charge in [-0.25, -0.2) is 4.98 Å². The molecule has 0 saturated carbocycles. The van der Waals surface area contributed by atoms with Crippen molar-refractivity contribution in [2.75, 3.05) is 38.1 Å². The number of imidazole rings is 1. The first-order valence-corrected chi connectivity index (χ1v) is 12.7. The minimum absolute atomic E-state index is 0.0168. The number of aryl methyl sites for hydroxylation is 1. The van der Waals surface area contributed by atoms with Gasteiger partial charge in [0, 0.05) is 38.4 Å². The maximum Gasteiger partial charge on any atom is 0.138 e. The topological polar surface area (TPSA) is 60.1 Å². The molecule has 3 aromatic heterocycles. The molecule has 7 heteroatoms. The molecule has 3 aromatic rings. The number of fused-ring (bicyclic) bond motifs is 1. The Kier molecular flexibility index (Phi) is 6.60. The Morgan fingerprint density at radius 1 is 1.00 bits per heavy atom. The van der Waals surface area contributed by atoms with Gasteiger partial charge in [-0.1, -0.05) is 12.1 Å². The molecule has 2 aliphatic heterocycles. The van der Waals surface area contributed by atoms with E-state index in [1.807, 2.05) is 12.3 Å². The van der Waals surface area contributed by atoms with E-state index < -0.39 is 0 Å². The minimum Gasteiger partial charge on any atom is -0.390 e. The van der Waals surface area contributed by atoms with E-state index in [9.17, 15) is 5.11 Å². The average molecular weight is 463 g/mol. The molecule has 2 saturated heterocycles. The van der Waals surface area contributed by atoms with Gasteiger partial charge in [0.25, 0.3) is 0 Å². The highest BCUT2D eigenvalue weighted by Gasteiger charge is 2.35. The third kappa shape index (κ3) is 4.10. The summed E-state index contributed by atoms with van der Waals surface area (Å²) in [6.07, 6.45) is 5.16. The van der Waals surface area contributed by atoms with E-state index in [1.54, 1.807) is 0 Å². The molecular weight excluding hydrogens is 424 g/mol. The standard InChI is InChI=1S/C27H38N6O/c1-19(2)31-14-16-32(17-15-31)25-12-6-11-24-29-27(23(18-34)33(24)25)22-10-5-9-21(30(22)4)26-20(3)8-7-13-28-26/h6-8,11-13,19,21-22,34H,5,9-10,14-18H2,1-4H3/t21-,22+/m0/s1. The second-order valence-electron chi connectivity index (χ2n) is 10.1. The van der Waals surface area contributed by atoms with Gasteiger partial charge in [0.2, 0.25) is 0 Å². The van der Waals surface area contributed by atoms with E-state index in [0.717, 1.165) is 74.0 Å². The zero-order chi connectivity index (χ0) is 23.8. The molecule has 182 valence electrons. The summed E-state index contributed by atoms with van der Waals surface area (Å²) in [5, 5.41) is 10.6. The number of aromatic nitrogens is 3. The molecule has 2 aliphatic rings. The molecule has 2 atom stereocenters. The Balaban J connectivity index is 1.50. The highest BCUT2D eigenvalue weighted by molar-refractivity contribution is 5.55. The van der Waals surface area contributed by atoms with Gasteiger partial charge in [-0.05, 0) is 70.8 Å². The van der Waals surface area contributed by atoms with Crippen LogP contribution < -0.4 is 4.90 Å². The van der Waals surface area contributed by atoms with Gasteiger partial charge >= 0.3 is 0 Å². The van der Waals surface area contributed by atoms with Crippen LogP contribution >= 0.6 is 0 Å². The van der Waals surface area contributed by atoms with Crippen molar-refractivity contribution in [3.8, 4) is 0 Å². The van der Waals surface area contributed by atoms with Crippen LogP contribution in [-0.4, -0.2) is 68.5 Å². The van der Waals surface area contributed by atoms with Crippen LogP contribution in [0.1, 0.15) is 67.8 Å². The lowest BCUT2D eigenvalue weighted by atomic mass is 9.90. The summed E-state index contributed by atoms with van der Waals surface area (Å²) in [7, 11) is 2.19. The van der Waals surface area contributed by atoms with Crippen LogP contribution in [-0.2, 0) is 6.61 Å². The second kappa shape index (κ2) is 9.64. The Morgan fingerprint density at radius 3 is 2.41 bits per heavy atom. The molecule has 0 radical (unpaired) electrons. The molecule has 1 N–H and O–H groups in total. The molecule has 34 heavy (non-hydrogen) atoms. The van der Waals surface area contributed by atoms with Crippen LogP contribution in [0.25, 0.3) is 5.65 Å². The molecule has 0 aliphatic carbocycles. The quantitative estimate of drug-likeness (QED) is 0.619. The first-order chi connectivity index (χ1) is 16.5. The predicted octanol–water partition coefficient (Wildman–Crippen LogP) is 3.96. The van der Waals surface area contributed by atoms with Gasteiger partial charge in [-0.15, -0.1) is 0 Å². The lowest BCUT2D eigenvalue weighted by molar-refractivity contribution is 0.107. The summed E-state index contributed by atoms with van der Waals surface area (Å²) >= 11 is 0. The Labute approximate surface area is 203 Å². The van der Waals surface area contributed by atoms with E-state index in [-0.39, 0.29) is 18.7 Å². The molecule has 5 heterocycles. The molecule has 0 spiro atoms. The first kappa shape index (κ1) is 23.3. The fourth-order valence-corrected chi connectivity index (χ4v) is 5.92. The number of anilines is 1. The van der Waals surface area contributed by atoms with E-state index in [1.165, 1.54) is 5.56 Å². The van der Waals surface area contributed by atoms with Gasteiger partial charge in [0.05, 0.1) is 35.8 Å². The summed E-state index contributed by atoms with van der Waals surface area (Å²) in [4.78, 5) is 17.2. The monoisotopic (exact) mass is 462 g/mol. The van der Waals surface area contributed by atoms with Crippen LogP contribution in [0.15, 0.2) is 36.5 Å². The number of pyridine rings is 2. The Bertz CT molecular complexity index is 1130. The lowest BCUT2D eigenvalue weighted by Gasteiger charge is -2.39. The third-order valence-corrected chi connectivity index (χ3v) is 7.89. The van der Waals surface area contributed by atoms with Gasteiger partial charge in [-0.2, -0.15) is 0 Å². The van der Waals surface area contributed by atoms with E-state index in [2.05, 4.69) is 71.2 Å². The highest BCUT2D eigenvalue weighted by atomic mass is 16.3. The number of rotatable bonds is 5. The fraction of sp³-hybridized carbons (Fsp3) is 0.556. The molecule has 0 unspecified atom stereocenters. The zero-order valence-electron chi connectivity index (χ0n) is 21.0. The normalized spacial score (nSPS) is 22.7. The van der Waals surface area contributed by atoms with Crippen molar-refractivity contribution in [3.63, 3.8) is 0 Å². The van der Waals surface area contributed by atoms with Gasteiger partial charge in [-0.3, -0.25) is 19.2 Å². The molecule has 0 amide bonds. The maximum atomic E-state index is 10.6. The number of hydrogen-bond acceptors (Lipinski definition) is 6.